The van der Waals surface area contributed by atoms with Crippen LogP contribution in [0.4, 0.5) is 0 Å². The Bertz CT molecular complexity index is 1080. The molecule has 3 unspecified atom stereocenters. The Morgan fingerprint density at radius 1 is 1.04 bits per heavy atom. The normalized spacial score (nSPS) is 24.0. The van der Waals surface area contributed by atoms with E-state index < -0.39 is 0 Å². The van der Waals surface area contributed by atoms with Crippen molar-refractivity contribution in [2.45, 2.75) is 39.2 Å². The Morgan fingerprint density at radius 3 is 2.48 bits per heavy atom. The van der Waals surface area contributed by atoms with Crippen LogP contribution in [0.5, 0.6) is 0 Å². The first-order chi connectivity index (χ1) is 12.0. The van der Waals surface area contributed by atoms with Crippen molar-refractivity contribution in [2.75, 3.05) is 5.84 Å². The average Bonchev–Trinajstić information content (AvgIpc) is 2.61. The second kappa shape index (κ2) is 5.72. The first kappa shape index (κ1) is 15.9. The topological polar surface area (TPSA) is 82.9 Å². The molecule has 1 saturated carbocycles. The number of pyridine rings is 3. The van der Waals surface area contributed by atoms with Gasteiger partial charge in [0.25, 0.3) is 11.1 Å². The lowest BCUT2D eigenvalue weighted by molar-refractivity contribution is 0.183. The Labute approximate surface area is 144 Å². The van der Waals surface area contributed by atoms with Crippen LogP contribution in [0, 0.1) is 11.8 Å². The SMILES string of the molecule is CC1CCCC(n2ccc3nc4ccn(N)c(=O)c4cc3c2=O)C1C. The minimum atomic E-state index is -0.346. The molecule has 25 heavy (non-hydrogen) atoms. The predicted molar refractivity (Wildman–Crippen MR) is 99.1 cm³/mol. The summed E-state index contributed by atoms with van der Waals surface area (Å²) in [6.07, 6.45) is 6.69. The van der Waals surface area contributed by atoms with Gasteiger partial charge >= 0.3 is 0 Å². The van der Waals surface area contributed by atoms with Gasteiger partial charge in [0.05, 0.1) is 21.8 Å². The van der Waals surface area contributed by atoms with Crippen LogP contribution in [0.2, 0.25) is 0 Å². The molecule has 3 atom stereocenters. The van der Waals surface area contributed by atoms with Crippen LogP contribution in [-0.2, 0) is 0 Å². The molecule has 1 aliphatic rings. The number of nitrogens with two attached hydrogens (primary N) is 1. The fourth-order valence-electron chi connectivity index (χ4n) is 4.06. The summed E-state index contributed by atoms with van der Waals surface area (Å²) in [5.41, 5.74) is 0.737. The number of hydrogen-bond acceptors (Lipinski definition) is 4. The number of rotatable bonds is 1. The second-order valence-electron chi connectivity index (χ2n) is 7.24. The fourth-order valence-corrected chi connectivity index (χ4v) is 4.06. The molecule has 6 heteroatoms. The highest BCUT2D eigenvalue weighted by molar-refractivity contribution is 5.91. The van der Waals surface area contributed by atoms with E-state index in [-0.39, 0.29) is 17.2 Å². The maximum absolute atomic E-state index is 13.1. The largest absolute Gasteiger partial charge is 0.336 e. The lowest BCUT2D eigenvalue weighted by Gasteiger charge is -2.35. The summed E-state index contributed by atoms with van der Waals surface area (Å²) in [4.78, 5) is 29.8. The van der Waals surface area contributed by atoms with Crippen LogP contribution < -0.4 is 17.0 Å². The van der Waals surface area contributed by atoms with Crippen LogP contribution in [-0.4, -0.2) is 14.2 Å². The molecule has 0 radical (unpaired) electrons. The van der Waals surface area contributed by atoms with Gasteiger partial charge in [-0.1, -0.05) is 26.7 Å². The summed E-state index contributed by atoms with van der Waals surface area (Å²) in [5.74, 6) is 6.68. The van der Waals surface area contributed by atoms with Gasteiger partial charge in [0, 0.05) is 18.4 Å². The van der Waals surface area contributed by atoms with E-state index in [0.717, 1.165) is 17.5 Å². The van der Waals surface area contributed by atoms with Gasteiger partial charge in [-0.3, -0.25) is 9.59 Å². The van der Waals surface area contributed by atoms with Crippen molar-refractivity contribution in [2.24, 2.45) is 11.8 Å². The van der Waals surface area contributed by atoms with Crippen molar-refractivity contribution in [3.63, 3.8) is 0 Å². The number of nitrogens with zero attached hydrogens (tertiary/aromatic N) is 3. The van der Waals surface area contributed by atoms with Crippen molar-refractivity contribution in [1.29, 1.82) is 0 Å². The maximum Gasteiger partial charge on any atom is 0.278 e. The molecule has 2 N–H and O–H groups in total. The minimum absolute atomic E-state index is 0.0790. The molecular weight excluding hydrogens is 316 g/mol. The van der Waals surface area contributed by atoms with Crippen molar-refractivity contribution in [3.05, 3.63) is 51.3 Å². The molecule has 0 amide bonds. The molecule has 0 spiro atoms. The standard InChI is InChI=1S/C19H22N4O2/c1-11-4-3-5-17(12(11)2)22-8-6-15-13(18(22)24)10-14-16(21-15)7-9-23(20)19(14)25/h6-12,17H,3-5,20H2,1-2H3. The predicted octanol–water partition coefficient (Wildman–Crippen LogP) is 2.42. The number of aromatic nitrogens is 3. The average molecular weight is 338 g/mol. The van der Waals surface area contributed by atoms with Gasteiger partial charge in [0.1, 0.15) is 0 Å². The summed E-state index contributed by atoms with van der Waals surface area (Å²) in [6, 6.07) is 5.39. The van der Waals surface area contributed by atoms with E-state index in [2.05, 4.69) is 18.8 Å². The molecule has 0 bridgehead atoms. The molecule has 3 aromatic rings. The van der Waals surface area contributed by atoms with Gasteiger partial charge in [-0.15, -0.1) is 0 Å². The number of nitrogen functional groups attached to an aromatic ring is 1. The molecule has 130 valence electrons. The first-order valence-corrected chi connectivity index (χ1v) is 8.79. The van der Waals surface area contributed by atoms with Crippen LogP contribution in [0.15, 0.2) is 40.2 Å². The summed E-state index contributed by atoms with van der Waals surface area (Å²) in [5, 5.41) is 0.848. The van der Waals surface area contributed by atoms with Gasteiger partial charge in [-0.25, -0.2) is 9.66 Å². The van der Waals surface area contributed by atoms with Crippen molar-refractivity contribution in [1.82, 2.24) is 14.2 Å². The number of hydrogen-bond donors (Lipinski definition) is 1. The van der Waals surface area contributed by atoms with Gasteiger partial charge < -0.3 is 10.4 Å². The van der Waals surface area contributed by atoms with Gasteiger partial charge in [0.2, 0.25) is 0 Å². The molecule has 1 aliphatic carbocycles. The second-order valence-corrected chi connectivity index (χ2v) is 7.24. The lowest BCUT2D eigenvalue weighted by Crippen LogP contribution is -2.33. The molecule has 4 rings (SSSR count). The van der Waals surface area contributed by atoms with E-state index in [1.165, 1.54) is 12.6 Å². The van der Waals surface area contributed by atoms with Crippen molar-refractivity contribution < 1.29 is 0 Å². The maximum atomic E-state index is 13.1. The molecule has 3 aromatic heterocycles. The van der Waals surface area contributed by atoms with E-state index in [4.69, 9.17) is 5.84 Å². The van der Waals surface area contributed by atoms with Crippen LogP contribution in [0.1, 0.15) is 39.2 Å². The highest BCUT2D eigenvalue weighted by atomic mass is 16.1. The molecule has 1 fully saturated rings. The quantitative estimate of drug-likeness (QED) is 0.546. The van der Waals surface area contributed by atoms with Crippen LogP contribution >= 0.6 is 0 Å². The first-order valence-electron chi connectivity index (χ1n) is 8.79. The monoisotopic (exact) mass is 338 g/mol. The van der Waals surface area contributed by atoms with Crippen molar-refractivity contribution in [3.8, 4) is 0 Å². The third-order valence-electron chi connectivity index (χ3n) is 5.82. The molecule has 6 nitrogen and oxygen atoms in total. The molecule has 0 aliphatic heterocycles. The molecule has 0 saturated heterocycles. The van der Waals surface area contributed by atoms with E-state index in [1.54, 1.807) is 12.1 Å². The third-order valence-corrected chi connectivity index (χ3v) is 5.82. The fraction of sp³-hybridized carbons (Fsp3) is 0.421. The Kier molecular flexibility index (Phi) is 3.63. The van der Waals surface area contributed by atoms with Gasteiger partial charge in [-0.2, -0.15) is 0 Å². The third kappa shape index (κ3) is 2.44. The molecule has 0 aromatic carbocycles. The zero-order valence-corrected chi connectivity index (χ0v) is 14.5. The summed E-state index contributed by atoms with van der Waals surface area (Å²) >= 11 is 0. The minimum Gasteiger partial charge on any atom is -0.336 e. The Hall–Kier alpha value is -2.63. The van der Waals surface area contributed by atoms with Gasteiger partial charge in [-0.05, 0) is 36.5 Å². The van der Waals surface area contributed by atoms with E-state index in [1.807, 2.05) is 16.8 Å². The zero-order chi connectivity index (χ0) is 17.7. The summed E-state index contributed by atoms with van der Waals surface area (Å²) in [7, 11) is 0. The van der Waals surface area contributed by atoms with E-state index >= 15 is 0 Å². The Balaban J connectivity index is 1.95. The van der Waals surface area contributed by atoms with E-state index in [9.17, 15) is 9.59 Å². The van der Waals surface area contributed by atoms with Crippen LogP contribution in [0.25, 0.3) is 21.8 Å². The zero-order valence-electron chi connectivity index (χ0n) is 14.5. The number of fused-ring (bicyclic) bond motifs is 2. The Morgan fingerprint density at radius 2 is 1.72 bits per heavy atom. The lowest BCUT2D eigenvalue weighted by atomic mass is 9.78. The van der Waals surface area contributed by atoms with Crippen molar-refractivity contribution >= 4 is 21.8 Å². The van der Waals surface area contributed by atoms with E-state index in [0.29, 0.717) is 33.6 Å². The highest BCUT2D eigenvalue weighted by Gasteiger charge is 2.29. The van der Waals surface area contributed by atoms with Gasteiger partial charge in [0.15, 0.2) is 0 Å². The molecule has 3 heterocycles. The summed E-state index contributed by atoms with van der Waals surface area (Å²) < 4.78 is 2.85. The van der Waals surface area contributed by atoms with Crippen LogP contribution in [0.3, 0.4) is 0 Å². The summed E-state index contributed by atoms with van der Waals surface area (Å²) in [6.45, 7) is 4.47. The molecular formula is C19H22N4O2. The highest BCUT2D eigenvalue weighted by Crippen LogP contribution is 2.37. The smallest absolute Gasteiger partial charge is 0.278 e.